The maximum absolute atomic E-state index is 13.3. The molecule has 1 aromatic rings. The Kier molecular flexibility index (Phi) is 6.29. The van der Waals surface area contributed by atoms with E-state index in [1.807, 2.05) is 0 Å². The number of hydrogen-bond acceptors (Lipinski definition) is 3. The molecule has 17 heavy (non-hydrogen) atoms. The standard InChI is InChI=1S/C12H18BrFN2O/c13-9-7-11(15)12(8-10(9)14)16-5-3-1-2-4-6-17/h7-8,16-17H,1-6,15H2. The number of unbranched alkanes of at least 4 members (excludes halogenated alkanes) is 3. The zero-order valence-corrected chi connectivity index (χ0v) is 11.3. The predicted octanol–water partition coefficient (Wildman–Crippen LogP) is 3.14. The molecule has 1 rings (SSSR count). The predicted molar refractivity (Wildman–Crippen MR) is 72.6 cm³/mol. The molecule has 0 radical (unpaired) electrons. The van der Waals surface area contributed by atoms with E-state index in [9.17, 15) is 4.39 Å². The SMILES string of the molecule is Nc1cc(Br)c(F)cc1NCCCCCCO. The molecule has 0 aliphatic rings. The van der Waals surface area contributed by atoms with Crippen molar-refractivity contribution in [2.45, 2.75) is 25.7 Å². The highest BCUT2D eigenvalue weighted by Gasteiger charge is 2.05. The lowest BCUT2D eigenvalue weighted by Crippen LogP contribution is -2.05. The fraction of sp³-hybridized carbons (Fsp3) is 0.500. The monoisotopic (exact) mass is 304 g/mol. The third-order valence-corrected chi connectivity index (χ3v) is 3.10. The molecule has 0 spiro atoms. The summed E-state index contributed by atoms with van der Waals surface area (Å²) in [7, 11) is 0. The van der Waals surface area contributed by atoms with Crippen LogP contribution in [0.5, 0.6) is 0 Å². The summed E-state index contributed by atoms with van der Waals surface area (Å²) in [4.78, 5) is 0. The molecule has 0 fully saturated rings. The molecule has 5 heteroatoms. The van der Waals surface area contributed by atoms with Gasteiger partial charge in [0.05, 0.1) is 15.8 Å². The Morgan fingerprint density at radius 1 is 1.24 bits per heavy atom. The Morgan fingerprint density at radius 3 is 2.65 bits per heavy atom. The molecular formula is C12H18BrFN2O. The van der Waals surface area contributed by atoms with Gasteiger partial charge >= 0.3 is 0 Å². The van der Waals surface area contributed by atoms with Crippen LogP contribution >= 0.6 is 15.9 Å². The van der Waals surface area contributed by atoms with Crippen molar-refractivity contribution in [3.8, 4) is 0 Å². The number of hydrogen-bond donors (Lipinski definition) is 3. The van der Waals surface area contributed by atoms with E-state index in [1.165, 1.54) is 6.07 Å². The van der Waals surface area contributed by atoms with Crippen LogP contribution in [0.25, 0.3) is 0 Å². The van der Waals surface area contributed by atoms with Crippen LogP contribution in [-0.4, -0.2) is 18.3 Å². The largest absolute Gasteiger partial charge is 0.397 e. The van der Waals surface area contributed by atoms with Gasteiger partial charge in [-0.2, -0.15) is 0 Å². The molecule has 0 aliphatic carbocycles. The van der Waals surface area contributed by atoms with E-state index in [-0.39, 0.29) is 12.4 Å². The first-order chi connectivity index (χ1) is 8.15. The Balaban J connectivity index is 2.34. The molecule has 0 heterocycles. The number of nitrogens with one attached hydrogen (secondary N) is 1. The minimum absolute atomic E-state index is 0.248. The van der Waals surface area contributed by atoms with Gasteiger partial charge in [0.1, 0.15) is 5.82 Å². The van der Waals surface area contributed by atoms with Crippen molar-refractivity contribution in [2.24, 2.45) is 0 Å². The molecule has 3 nitrogen and oxygen atoms in total. The smallest absolute Gasteiger partial charge is 0.139 e. The van der Waals surface area contributed by atoms with Crippen LogP contribution in [0.3, 0.4) is 0 Å². The minimum atomic E-state index is -0.318. The highest BCUT2D eigenvalue weighted by molar-refractivity contribution is 9.10. The van der Waals surface area contributed by atoms with E-state index >= 15 is 0 Å². The van der Waals surface area contributed by atoms with Crippen molar-refractivity contribution in [3.05, 3.63) is 22.4 Å². The van der Waals surface area contributed by atoms with Crippen LogP contribution < -0.4 is 11.1 Å². The van der Waals surface area contributed by atoms with Gasteiger partial charge in [0.15, 0.2) is 0 Å². The average Bonchev–Trinajstić information content (AvgIpc) is 2.30. The number of nitrogens with two attached hydrogens (primary N) is 1. The number of aliphatic hydroxyl groups excluding tert-OH is 1. The third kappa shape index (κ3) is 4.91. The maximum Gasteiger partial charge on any atom is 0.139 e. The zero-order chi connectivity index (χ0) is 12.7. The molecule has 1 aromatic carbocycles. The number of halogens is 2. The molecular weight excluding hydrogens is 287 g/mol. The quantitative estimate of drug-likeness (QED) is 0.536. The first kappa shape index (κ1) is 14.3. The second-order valence-corrected chi connectivity index (χ2v) is 4.77. The van der Waals surface area contributed by atoms with Crippen molar-refractivity contribution < 1.29 is 9.50 Å². The molecule has 0 unspecified atom stereocenters. The van der Waals surface area contributed by atoms with Gasteiger partial charge in [-0.15, -0.1) is 0 Å². The van der Waals surface area contributed by atoms with Crippen LogP contribution in [0, 0.1) is 5.82 Å². The highest BCUT2D eigenvalue weighted by atomic mass is 79.9. The molecule has 0 atom stereocenters. The number of aliphatic hydroxyl groups is 1. The molecule has 0 aliphatic heterocycles. The number of rotatable bonds is 7. The van der Waals surface area contributed by atoms with Crippen LogP contribution in [0.4, 0.5) is 15.8 Å². The van der Waals surface area contributed by atoms with Crippen LogP contribution in [0.15, 0.2) is 16.6 Å². The normalized spacial score (nSPS) is 10.5. The maximum atomic E-state index is 13.3. The van der Waals surface area contributed by atoms with Crippen LogP contribution in [-0.2, 0) is 0 Å². The Hall–Kier alpha value is -0.810. The van der Waals surface area contributed by atoms with Gasteiger partial charge in [-0.25, -0.2) is 4.39 Å². The van der Waals surface area contributed by atoms with Gasteiger partial charge < -0.3 is 16.2 Å². The number of nitrogen functional groups attached to an aromatic ring is 1. The fourth-order valence-electron chi connectivity index (χ4n) is 1.53. The summed E-state index contributed by atoms with van der Waals surface area (Å²) in [5.74, 6) is -0.318. The lowest BCUT2D eigenvalue weighted by atomic mass is 10.2. The number of benzene rings is 1. The molecule has 96 valence electrons. The minimum Gasteiger partial charge on any atom is -0.397 e. The molecule has 0 aromatic heterocycles. The summed E-state index contributed by atoms with van der Waals surface area (Å²) >= 11 is 3.08. The summed E-state index contributed by atoms with van der Waals surface area (Å²) in [6, 6.07) is 2.95. The van der Waals surface area contributed by atoms with Crippen molar-refractivity contribution in [2.75, 3.05) is 24.2 Å². The van der Waals surface area contributed by atoms with Crippen LogP contribution in [0.2, 0.25) is 0 Å². The van der Waals surface area contributed by atoms with E-state index < -0.39 is 0 Å². The molecule has 4 N–H and O–H groups in total. The van der Waals surface area contributed by atoms with Crippen molar-refractivity contribution in [3.63, 3.8) is 0 Å². The van der Waals surface area contributed by atoms with Gasteiger partial charge in [0.2, 0.25) is 0 Å². The number of anilines is 2. The zero-order valence-electron chi connectivity index (χ0n) is 9.68. The first-order valence-electron chi connectivity index (χ1n) is 5.74. The van der Waals surface area contributed by atoms with E-state index in [1.54, 1.807) is 6.07 Å². The summed E-state index contributed by atoms with van der Waals surface area (Å²) in [5, 5.41) is 11.7. The van der Waals surface area contributed by atoms with E-state index in [0.717, 1.165) is 32.2 Å². The fourth-order valence-corrected chi connectivity index (χ4v) is 1.89. The van der Waals surface area contributed by atoms with E-state index in [2.05, 4.69) is 21.2 Å². The van der Waals surface area contributed by atoms with Gasteiger partial charge in [0.25, 0.3) is 0 Å². The molecule has 0 bridgehead atoms. The summed E-state index contributed by atoms with van der Waals surface area (Å²) in [6.45, 7) is 1.01. The van der Waals surface area contributed by atoms with Gasteiger partial charge in [-0.1, -0.05) is 12.8 Å². The average molecular weight is 305 g/mol. The summed E-state index contributed by atoms with van der Waals surface area (Å²) < 4.78 is 13.6. The topological polar surface area (TPSA) is 58.3 Å². The Labute approximate surface area is 109 Å². The summed E-state index contributed by atoms with van der Waals surface area (Å²) in [6.07, 6.45) is 3.89. The van der Waals surface area contributed by atoms with Crippen molar-refractivity contribution in [1.29, 1.82) is 0 Å². The van der Waals surface area contributed by atoms with Crippen molar-refractivity contribution in [1.82, 2.24) is 0 Å². The highest BCUT2D eigenvalue weighted by Crippen LogP contribution is 2.26. The lowest BCUT2D eigenvalue weighted by molar-refractivity contribution is 0.283. The molecule has 0 saturated carbocycles. The Morgan fingerprint density at radius 2 is 1.94 bits per heavy atom. The molecule has 0 amide bonds. The van der Waals surface area contributed by atoms with Crippen molar-refractivity contribution >= 4 is 27.3 Å². The summed E-state index contributed by atoms with van der Waals surface area (Å²) in [5.41, 5.74) is 6.93. The Bertz CT molecular complexity index is 361. The van der Waals surface area contributed by atoms with Gasteiger partial charge in [-0.3, -0.25) is 0 Å². The third-order valence-electron chi connectivity index (χ3n) is 2.49. The van der Waals surface area contributed by atoms with Gasteiger partial charge in [0, 0.05) is 19.2 Å². The van der Waals surface area contributed by atoms with Gasteiger partial charge in [-0.05, 0) is 34.8 Å². The van der Waals surface area contributed by atoms with Crippen LogP contribution in [0.1, 0.15) is 25.7 Å². The molecule has 0 saturated heterocycles. The second-order valence-electron chi connectivity index (χ2n) is 3.92. The first-order valence-corrected chi connectivity index (χ1v) is 6.53. The van der Waals surface area contributed by atoms with E-state index in [4.69, 9.17) is 10.8 Å². The van der Waals surface area contributed by atoms with E-state index in [0.29, 0.717) is 15.8 Å². The lowest BCUT2D eigenvalue weighted by Gasteiger charge is -2.10. The second kappa shape index (κ2) is 7.50.